The Kier molecular flexibility index (Phi) is 6.54. The van der Waals surface area contributed by atoms with E-state index in [2.05, 4.69) is 26.1 Å². The molecule has 0 aliphatic carbocycles. The Morgan fingerprint density at radius 1 is 1.06 bits per heavy atom. The molecule has 0 spiro atoms. The predicted molar refractivity (Wildman–Crippen MR) is 126 cm³/mol. The zero-order chi connectivity index (χ0) is 22.0. The minimum absolute atomic E-state index is 0.127. The van der Waals surface area contributed by atoms with E-state index in [0.29, 0.717) is 17.0 Å². The van der Waals surface area contributed by atoms with Crippen molar-refractivity contribution in [3.8, 4) is 0 Å². The monoisotopic (exact) mass is 437 g/mol. The first kappa shape index (κ1) is 21.7. The summed E-state index contributed by atoms with van der Waals surface area (Å²) in [5, 5.41) is 3.99. The van der Waals surface area contributed by atoms with Crippen LogP contribution in [0.4, 0.5) is 9.39 Å². The van der Waals surface area contributed by atoms with Crippen LogP contribution in [0.5, 0.6) is 0 Å². The molecule has 2 heterocycles. The highest BCUT2D eigenvalue weighted by Crippen LogP contribution is 2.39. The van der Waals surface area contributed by atoms with Gasteiger partial charge in [-0.1, -0.05) is 37.3 Å². The molecule has 1 aromatic heterocycles. The molecule has 1 amide bonds. The van der Waals surface area contributed by atoms with Crippen molar-refractivity contribution < 1.29 is 14.1 Å². The molecule has 0 bridgehead atoms. The molecule has 2 aromatic carbocycles. The van der Waals surface area contributed by atoms with E-state index in [1.807, 2.05) is 42.5 Å². The fourth-order valence-electron chi connectivity index (χ4n) is 4.56. The number of nitrogens with one attached hydrogen (secondary N) is 2. The van der Waals surface area contributed by atoms with Gasteiger partial charge in [0.15, 0.2) is 0 Å². The van der Waals surface area contributed by atoms with Gasteiger partial charge >= 0.3 is 0 Å². The molecule has 1 aliphatic heterocycles. The van der Waals surface area contributed by atoms with Gasteiger partial charge in [-0.15, -0.1) is 11.3 Å². The van der Waals surface area contributed by atoms with Crippen molar-refractivity contribution in [1.29, 1.82) is 0 Å². The number of amides is 1. The van der Waals surface area contributed by atoms with E-state index >= 15 is 4.39 Å². The Hall–Kier alpha value is -2.50. The van der Waals surface area contributed by atoms with Crippen molar-refractivity contribution >= 4 is 22.2 Å². The second-order valence-electron chi connectivity index (χ2n) is 8.64. The van der Waals surface area contributed by atoms with Gasteiger partial charge < -0.3 is 10.2 Å². The number of aryl methyl sites for hydroxylation is 1. The van der Waals surface area contributed by atoms with Crippen molar-refractivity contribution in [3.63, 3.8) is 0 Å². The number of carbonyl (C=O) groups is 1. The van der Waals surface area contributed by atoms with Crippen LogP contribution in [0.1, 0.15) is 57.7 Å². The Labute approximate surface area is 187 Å². The van der Waals surface area contributed by atoms with Gasteiger partial charge in [0.2, 0.25) is 0 Å². The Bertz CT molecular complexity index is 1050. The van der Waals surface area contributed by atoms with E-state index < -0.39 is 0 Å². The zero-order valence-electron chi connectivity index (χ0n) is 18.4. The van der Waals surface area contributed by atoms with Crippen LogP contribution < -0.4 is 10.2 Å². The third-order valence-corrected chi connectivity index (χ3v) is 7.66. The van der Waals surface area contributed by atoms with E-state index in [9.17, 15) is 4.79 Å². The number of quaternary nitrogens is 1. The summed E-state index contributed by atoms with van der Waals surface area (Å²) in [6.45, 7) is 8.47. The molecule has 4 rings (SSSR count). The molecule has 1 atom stereocenters. The zero-order valence-corrected chi connectivity index (χ0v) is 19.2. The van der Waals surface area contributed by atoms with E-state index in [4.69, 9.17) is 0 Å². The van der Waals surface area contributed by atoms with Gasteiger partial charge in [-0.25, -0.2) is 4.39 Å². The summed E-state index contributed by atoms with van der Waals surface area (Å²) < 4.78 is 15.1. The van der Waals surface area contributed by atoms with Gasteiger partial charge in [0.05, 0.1) is 18.7 Å². The van der Waals surface area contributed by atoms with Crippen LogP contribution in [0, 0.1) is 25.6 Å². The lowest BCUT2D eigenvalue weighted by atomic mass is 9.90. The molecule has 2 N–H and O–H groups in total. The fourth-order valence-corrected chi connectivity index (χ4v) is 5.65. The molecule has 3 aromatic rings. The second kappa shape index (κ2) is 9.33. The van der Waals surface area contributed by atoms with Gasteiger partial charge in [0, 0.05) is 16.0 Å². The summed E-state index contributed by atoms with van der Waals surface area (Å²) in [5.41, 5.74) is 3.54. The third-order valence-electron chi connectivity index (χ3n) is 6.52. The number of hydrogen-bond acceptors (Lipinski definition) is 2. The smallest absolute Gasteiger partial charge is 0.256 e. The SMILES string of the molecule is Cc1sc(NC(=O)c2ccccc2)c([C@H](c2ccccc2F)[NH+]2CCC(C)CC2)c1C. The van der Waals surface area contributed by atoms with Crippen molar-refractivity contribution in [2.45, 2.75) is 39.7 Å². The van der Waals surface area contributed by atoms with E-state index in [1.165, 1.54) is 4.90 Å². The second-order valence-corrected chi connectivity index (χ2v) is 9.87. The van der Waals surface area contributed by atoms with Crippen molar-refractivity contribution in [2.24, 2.45) is 5.92 Å². The van der Waals surface area contributed by atoms with Gasteiger partial charge in [-0.2, -0.15) is 0 Å². The maximum Gasteiger partial charge on any atom is 0.256 e. The Balaban J connectivity index is 1.78. The molecule has 162 valence electrons. The van der Waals surface area contributed by atoms with Crippen LogP contribution >= 0.6 is 11.3 Å². The third kappa shape index (κ3) is 4.58. The fraction of sp³-hybridized carbons (Fsp3) is 0.346. The summed E-state index contributed by atoms with van der Waals surface area (Å²) in [7, 11) is 0. The first-order chi connectivity index (χ1) is 15.0. The molecular formula is C26H30FN2OS+. The van der Waals surface area contributed by atoms with Gasteiger partial charge in [-0.3, -0.25) is 4.79 Å². The highest BCUT2D eigenvalue weighted by molar-refractivity contribution is 7.16. The minimum Gasteiger partial charge on any atom is -0.325 e. The number of thiophene rings is 1. The molecule has 0 unspecified atom stereocenters. The van der Waals surface area contributed by atoms with Crippen LogP contribution in [-0.2, 0) is 0 Å². The minimum atomic E-state index is -0.179. The molecule has 1 fully saturated rings. The number of anilines is 1. The van der Waals surface area contributed by atoms with E-state index in [0.717, 1.165) is 46.9 Å². The van der Waals surface area contributed by atoms with E-state index in [1.54, 1.807) is 23.5 Å². The molecule has 3 nitrogen and oxygen atoms in total. The quantitative estimate of drug-likeness (QED) is 0.568. The Morgan fingerprint density at radius 2 is 1.71 bits per heavy atom. The number of halogens is 1. The number of piperidine rings is 1. The summed E-state index contributed by atoms with van der Waals surface area (Å²) in [6, 6.07) is 16.2. The van der Waals surface area contributed by atoms with Gasteiger partial charge in [-0.05, 0) is 62.4 Å². The summed E-state index contributed by atoms with van der Waals surface area (Å²) in [5.74, 6) is 0.396. The lowest BCUT2D eigenvalue weighted by molar-refractivity contribution is -0.931. The number of carbonyl (C=O) groups excluding carboxylic acids is 1. The first-order valence-corrected chi connectivity index (χ1v) is 11.8. The lowest BCUT2D eigenvalue weighted by Crippen LogP contribution is -3.13. The lowest BCUT2D eigenvalue weighted by Gasteiger charge is -2.35. The average Bonchev–Trinajstić information content (AvgIpc) is 3.05. The number of hydrogen-bond donors (Lipinski definition) is 2. The highest BCUT2D eigenvalue weighted by Gasteiger charge is 2.36. The molecule has 0 saturated carbocycles. The highest BCUT2D eigenvalue weighted by atomic mass is 32.1. The topological polar surface area (TPSA) is 33.5 Å². The van der Waals surface area contributed by atoms with Gasteiger partial charge in [0.25, 0.3) is 5.91 Å². The maximum absolute atomic E-state index is 15.1. The molecular weight excluding hydrogens is 407 g/mol. The Morgan fingerprint density at radius 3 is 2.39 bits per heavy atom. The van der Waals surface area contributed by atoms with Crippen LogP contribution in [0.25, 0.3) is 0 Å². The molecule has 31 heavy (non-hydrogen) atoms. The van der Waals surface area contributed by atoms with Crippen molar-refractivity contribution in [2.75, 3.05) is 18.4 Å². The molecule has 1 saturated heterocycles. The number of benzene rings is 2. The predicted octanol–water partition coefficient (Wildman–Crippen LogP) is 5.16. The van der Waals surface area contributed by atoms with Crippen molar-refractivity contribution in [1.82, 2.24) is 0 Å². The molecule has 0 radical (unpaired) electrons. The normalized spacial score (nSPS) is 19.7. The number of likely N-dealkylation sites (tertiary alicyclic amines) is 1. The van der Waals surface area contributed by atoms with Crippen LogP contribution in [-0.4, -0.2) is 19.0 Å². The maximum atomic E-state index is 15.1. The largest absolute Gasteiger partial charge is 0.325 e. The average molecular weight is 438 g/mol. The van der Waals surface area contributed by atoms with Crippen LogP contribution in [0.2, 0.25) is 0 Å². The van der Waals surface area contributed by atoms with E-state index in [-0.39, 0.29) is 17.8 Å². The summed E-state index contributed by atoms with van der Waals surface area (Å²) in [6.07, 6.45) is 2.27. The van der Waals surface area contributed by atoms with Gasteiger partial charge in [0.1, 0.15) is 16.9 Å². The summed E-state index contributed by atoms with van der Waals surface area (Å²) >= 11 is 1.59. The summed E-state index contributed by atoms with van der Waals surface area (Å²) in [4.78, 5) is 15.5. The first-order valence-electron chi connectivity index (χ1n) is 11.0. The van der Waals surface area contributed by atoms with Crippen molar-refractivity contribution in [3.05, 3.63) is 87.5 Å². The van der Waals surface area contributed by atoms with Crippen LogP contribution in [0.15, 0.2) is 54.6 Å². The number of rotatable bonds is 5. The molecule has 5 heteroatoms. The standard InChI is InChI=1S/C26H29FN2OS/c1-17-13-15-29(16-14-17)24(21-11-7-8-12-22(21)27)23-18(2)19(3)31-26(23)28-25(30)20-9-5-4-6-10-20/h4-12,17,24H,13-16H2,1-3H3,(H,28,30)/p+1/t24-/m0/s1. The molecule has 1 aliphatic rings. The van der Waals surface area contributed by atoms with Crippen LogP contribution in [0.3, 0.4) is 0 Å².